The number of nitrogens with two attached hydrogens (primary N) is 1. The number of hydrogen-bond donors (Lipinski definition) is 1. The zero-order chi connectivity index (χ0) is 16.3. The highest BCUT2D eigenvalue weighted by molar-refractivity contribution is 6.76. The molecule has 120 valence electrons. The van der Waals surface area contributed by atoms with Crippen LogP contribution in [0.3, 0.4) is 0 Å². The molecular formula is C15H23N3O3Si. The fourth-order valence-corrected chi connectivity index (χ4v) is 2.86. The molecule has 2 N–H and O–H groups in total. The highest BCUT2D eigenvalue weighted by Gasteiger charge is 2.15. The van der Waals surface area contributed by atoms with Gasteiger partial charge >= 0.3 is 0 Å². The molecule has 7 heteroatoms. The van der Waals surface area contributed by atoms with Crippen LogP contribution in [0.1, 0.15) is 10.4 Å². The van der Waals surface area contributed by atoms with Gasteiger partial charge in [-0.25, -0.2) is 4.68 Å². The number of aromatic nitrogens is 2. The number of benzene rings is 1. The predicted octanol–water partition coefficient (Wildman–Crippen LogP) is 2.46. The van der Waals surface area contributed by atoms with Crippen LogP contribution in [0.25, 0.3) is 10.9 Å². The van der Waals surface area contributed by atoms with Gasteiger partial charge in [0.1, 0.15) is 18.0 Å². The number of methoxy groups -OCH3 is 1. The van der Waals surface area contributed by atoms with Crippen molar-refractivity contribution in [3.05, 3.63) is 23.9 Å². The second kappa shape index (κ2) is 6.49. The van der Waals surface area contributed by atoms with Gasteiger partial charge in [-0.05, 0) is 18.2 Å². The maximum atomic E-state index is 11.5. The Hall–Kier alpha value is -1.86. The highest BCUT2D eigenvalue weighted by Crippen LogP contribution is 2.27. The maximum Gasteiger partial charge on any atom is 0.250 e. The van der Waals surface area contributed by atoms with E-state index in [4.69, 9.17) is 15.2 Å². The molecule has 0 spiro atoms. The van der Waals surface area contributed by atoms with E-state index in [1.165, 1.54) is 0 Å². The molecule has 22 heavy (non-hydrogen) atoms. The third-order valence-electron chi connectivity index (χ3n) is 3.39. The molecule has 0 aliphatic rings. The smallest absolute Gasteiger partial charge is 0.250 e. The molecule has 1 aromatic heterocycles. The second-order valence-corrected chi connectivity index (χ2v) is 12.1. The molecule has 0 bridgehead atoms. The summed E-state index contributed by atoms with van der Waals surface area (Å²) >= 11 is 0. The van der Waals surface area contributed by atoms with Crippen LogP contribution in [0, 0.1) is 0 Å². The summed E-state index contributed by atoms with van der Waals surface area (Å²) in [6.07, 6.45) is 1.81. The van der Waals surface area contributed by atoms with E-state index in [0.717, 1.165) is 11.4 Å². The van der Waals surface area contributed by atoms with Crippen LogP contribution >= 0.6 is 0 Å². The first-order chi connectivity index (χ1) is 10.3. The zero-order valence-electron chi connectivity index (χ0n) is 13.5. The Balaban J connectivity index is 2.18. The molecule has 6 nitrogen and oxygen atoms in total. The lowest BCUT2D eigenvalue weighted by Crippen LogP contribution is -2.22. The van der Waals surface area contributed by atoms with Gasteiger partial charge in [-0.2, -0.15) is 5.10 Å². The number of ether oxygens (including phenoxy) is 2. The lowest BCUT2D eigenvalue weighted by Gasteiger charge is -2.15. The van der Waals surface area contributed by atoms with Gasteiger partial charge < -0.3 is 15.2 Å². The predicted molar refractivity (Wildman–Crippen MR) is 88.9 cm³/mol. The number of hydrogen-bond acceptors (Lipinski definition) is 4. The summed E-state index contributed by atoms with van der Waals surface area (Å²) in [5, 5.41) is 5.16. The summed E-state index contributed by atoms with van der Waals surface area (Å²) in [5.74, 6) is 0.158. The quantitative estimate of drug-likeness (QED) is 0.627. The number of primary amides is 1. The average Bonchev–Trinajstić information content (AvgIpc) is 2.84. The molecule has 1 heterocycles. The molecule has 0 fully saturated rings. The molecule has 1 aromatic carbocycles. The van der Waals surface area contributed by atoms with Crippen LogP contribution in [0.15, 0.2) is 18.3 Å². The topological polar surface area (TPSA) is 79.4 Å². The van der Waals surface area contributed by atoms with Crippen LogP contribution in [-0.4, -0.2) is 37.5 Å². The van der Waals surface area contributed by atoms with E-state index in [1.807, 2.05) is 6.20 Å². The number of amides is 1. The molecule has 1 amide bonds. The van der Waals surface area contributed by atoms with Crippen molar-refractivity contribution in [2.24, 2.45) is 5.73 Å². The molecular weight excluding hydrogens is 298 g/mol. The molecule has 0 saturated carbocycles. The van der Waals surface area contributed by atoms with Crippen molar-refractivity contribution in [2.45, 2.75) is 32.4 Å². The average molecular weight is 321 g/mol. The third-order valence-corrected chi connectivity index (χ3v) is 5.09. The monoisotopic (exact) mass is 321 g/mol. The molecule has 0 atom stereocenters. The van der Waals surface area contributed by atoms with E-state index in [2.05, 4.69) is 24.7 Å². The van der Waals surface area contributed by atoms with Crippen LogP contribution in [-0.2, 0) is 11.5 Å². The Morgan fingerprint density at radius 2 is 2.09 bits per heavy atom. The van der Waals surface area contributed by atoms with Gasteiger partial charge in [0.15, 0.2) is 0 Å². The Morgan fingerprint density at radius 1 is 1.36 bits per heavy atom. The van der Waals surface area contributed by atoms with Crippen molar-refractivity contribution < 1.29 is 14.3 Å². The molecule has 0 saturated heterocycles. The SMILES string of the molecule is COc1ccc(C(N)=O)c2nn(COCC[Si](C)(C)C)cc12. The van der Waals surface area contributed by atoms with Gasteiger partial charge in [-0.15, -0.1) is 0 Å². The summed E-state index contributed by atoms with van der Waals surface area (Å²) in [7, 11) is 0.482. The van der Waals surface area contributed by atoms with Crippen LogP contribution < -0.4 is 10.5 Å². The zero-order valence-corrected chi connectivity index (χ0v) is 14.5. The van der Waals surface area contributed by atoms with Crippen LogP contribution in [0.5, 0.6) is 5.75 Å². The molecule has 0 aliphatic carbocycles. The minimum absolute atomic E-state index is 0.348. The van der Waals surface area contributed by atoms with E-state index < -0.39 is 14.0 Å². The van der Waals surface area contributed by atoms with Crippen LogP contribution in [0.2, 0.25) is 25.7 Å². The van der Waals surface area contributed by atoms with Gasteiger partial charge in [0.25, 0.3) is 5.91 Å². The van der Waals surface area contributed by atoms with Gasteiger partial charge in [0.05, 0.1) is 18.1 Å². The fraction of sp³-hybridized carbons (Fsp3) is 0.467. The van der Waals surface area contributed by atoms with Gasteiger partial charge in [0.2, 0.25) is 0 Å². The first-order valence-electron chi connectivity index (χ1n) is 7.23. The largest absolute Gasteiger partial charge is 0.496 e. The first kappa shape index (κ1) is 16.5. The number of carbonyl (C=O) groups excluding carboxylic acids is 1. The van der Waals surface area contributed by atoms with Crippen molar-refractivity contribution in [1.29, 1.82) is 0 Å². The van der Waals surface area contributed by atoms with Crippen molar-refractivity contribution in [2.75, 3.05) is 13.7 Å². The van der Waals surface area contributed by atoms with Gasteiger partial charge in [0, 0.05) is 20.9 Å². The summed E-state index contributed by atoms with van der Waals surface area (Å²) in [6, 6.07) is 4.46. The van der Waals surface area contributed by atoms with E-state index in [1.54, 1.807) is 23.9 Å². The summed E-state index contributed by atoms with van der Waals surface area (Å²) in [6.45, 7) is 7.99. The van der Waals surface area contributed by atoms with Crippen molar-refractivity contribution >= 4 is 24.9 Å². The molecule has 2 rings (SSSR count). The molecule has 2 aromatic rings. The van der Waals surface area contributed by atoms with Crippen LogP contribution in [0.4, 0.5) is 0 Å². The van der Waals surface area contributed by atoms with Gasteiger partial charge in [-0.3, -0.25) is 4.79 Å². The van der Waals surface area contributed by atoms with E-state index >= 15 is 0 Å². The van der Waals surface area contributed by atoms with Crippen molar-refractivity contribution in [1.82, 2.24) is 9.78 Å². The third kappa shape index (κ3) is 3.86. The summed E-state index contributed by atoms with van der Waals surface area (Å²) in [4.78, 5) is 11.5. The summed E-state index contributed by atoms with van der Waals surface area (Å²) < 4.78 is 12.7. The van der Waals surface area contributed by atoms with E-state index in [9.17, 15) is 4.79 Å². The fourth-order valence-electron chi connectivity index (χ4n) is 2.11. The highest BCUT2D eigenvalue weighted by atomic mass is 28.3. The number of nitrogens with zero attached hydrogens (tertiary/aromatic N) is 2. The number of fused-ring (bicyclic) bond motifs is 1. The Bertz CT molecular complexity index is 676. The van der Waals surface area contributed by atoms with E-state index in [-0.39, 0.29) is 0 Å². The Kier molecular flexibility index (Phi) is 4.87. The molecule has 0 unspecified atom stereocenters. The second-order valence-electron chi connectivity index (χ2n) is 6.46. The minimum Gasteiger partial charge on any atom is -0.496 e. The van der Waals surface area contributed by atoms with Crippen molar-refractivity contribution in [3.8, 4) is 5.75 Å². The minimum atomic E-state index is -1.10. The number of rotatable bonds is 7. The first-order valence-corrected chi connectivity index (χ1v) is 10.9. The summed E-state index contributed by atoms with van der Waals surface area (Å²) in [5.41, 5.74) is 6.32. The lowest BCUT2D eigenvalue weighted by molar-refractivity contribution is 0.0790. The van der Waals surface area contributed by atoms with Gasteiger partial charge in [-0.1, -0.05) is 19.6 Å². The Labute approximate surface area is 131 Å². The van der Waals surface area contributed by atoms with E-state index in [0.29, 0.717) is 30.2 Å². The lowest BCUT2D eigenvalue weighted by atomic mass is 10.1. The number of carbonyl (C=O) groups is 1. The van der Waals surface area contributed by atoms with Crippen molar-refractivity contribution in [3.63, 3.8) is 0 Å². The normalized spacial score (nSPS) is 11.8. The molecule has 0 aliphatic heterocycles. The molecule has 0 radical (unpaired) electrons. The standard InChI is InChI=1S/C15H23N3O3Si/c1-20-13-6-5-11(15(16)19)14-12(13)9-18(17-14)10-21-7-8-22(2,3)4/h5-6,9H,7-8,10H2,1-4H3,(H2,16,19). The maximum absolute atomic E-state index is 11.5. The Morgan fingerprint density at radius 3 is 2.68 bits per heavy atom.